The van der Waals surface area contributed by atoms with E-state index in [9.17, 15) is 4.79 Å². The molecule has 0 fully saturated rings. The molecule has 0 unspecified atom stereocenters. The SMILES string of the molecule is Cc1nccn1-c1ncccc1CNC(=O)c1ccc(CN(C)C)cc1. The average molecular weight is 349 g/mol. The first-order chi connectivity index (χ1) is 12.5. The van der Waals surface area contributed by atoms with Crippen molar-refractivity contribution in [1.29, 1.82) is 0 Å². The van der Waals surface area contributed by atoms with E-state index in [1.165, 1.54) is 5.56 Å². The molecule has 6 nitrogen and oxygen atoms in total. The minimum atomic E-state index is -0.0986. The largest absolute Gasteiger partial charge is 0.348 e. The predicted molar refractivity (Wildman–Crippen MR) is 101 cm³/mol. The molecule has 0 aliphatic carbocycles. The van der Waals surface area contributed by atoms with Gasteiger partial charge in [0.05, 0.1) is 0 Å². The summed E-state index contributed by atoms with van der Waals surface area (Å²) in [6.07, 6.45) is 5.34. The van der Waals surface area contributed by atoms with Crippen molar-refractivity contribution in [3.05, 3.63) is 77.5 Å². The average Bonchev–Trinajstić information content (AvgIpc) is 3.06. The van der Waals surface area contributed by atoms with Crippen LogP contribution in [0.25, 0.3) is 5.82 Å². The number of nitrogens with zero attached hydrogens (tertiary/aromatic N) is 4. The summed E-state index contributed by atoms with van der Waals surface area (Å²) in [7, 11) is 4.04. The number of pyridine rings is 1. The van der Waals surface area contributed by atoms with Gasteiger partial charge in [-0.15, -0.1) is 0 Å². The number of nitrogens with one attached hydrogen (secondary N) is 1. The molecule has 2 heterocycles. The van der Waals surface area contributed by atoms with E-state index in [1.807, 2.05) is 68.2 Å². The second kappa shape index (κ2) is 7.93. The van der Waals surface area contributed by atoms with Crippen molar-refractivity contribution in [3.63, 3.8) is 0 Å². The van der Waals surface area contributed by atoms with Crippen LogP contribution >= 0.6 is 0 Å². The summed E-state index contributed by atoms with van der Waals surface area (Å²) in [5.41, 5.74) is 2.76. The molecule has 0 radical (unpaired) electrons. The number of carbonyl (C=O) groups is 1. The minimum Gasteiger partial charge on any atom is -0.348 e. The van der Waals surface area contributed by atoms with Gasteiger partial charge in [0.1, 0.15) is 11.6 Å². The van der Waals surface area contributed by atoms with E-state index in [0.29, 0.717) is 12.1 Å². The summed E-state index contributed by atoms with van der Waals surface area (Å²) in [5.74, 6) is 1.54. The first-order valence-electron chi connectivity index (χ1n) is 8.50. The fraction of sp³-hybridized carbons (Fsp3) is 0.250. The van der Waals surface area contributed by atoms with E-state index in [4.69, 9.17) is 0 Å². The molecule has 6 heteroatoms. The zero-order valence-corrected chi connectivity index (χ0v) is 15.3. The maximum atomic E-state index is 12.5. The Morgan fingerprint density at radius 3 is 2.54 bits per heavy atom. The van der Waals surface area contributed by atoms with Crippen molar-refractivity contribution >= 4 is 5.91 Å². The summed E-state index contributed by atoms with van der Waals surface area (Å²) in [6, 6.07) is 11.5. The molecular formula is C20H23N5O. The van der Waals surface area contributed by atoms with Crippen LogP contribution in [0.4, 0.5) is 0 Å². The highest BCUT2D eigenvalue weighted by atomic mass is 16.1. The summed E-state index contributed by atoms with van der Waals surface area (Å²) in [4.78, 5) is 23.2. The molecule has 1 amide bonds. The summed E-state index contributed by atoms with van der Waals surface area (Å²) in [6.45, 7) is 3.18. The van der Waals surface area contributed by atoms with Crippen LogP contribution in [-0.2, 0) is 13.1 Å². The Morgan fingerprint density at radius 2 is 1.88 bits per heavy atom. The Morgan fingerprint density at radius 1 is 1.12 bits per heavy atom. The lowest BCUT2D eigenvalue weighted by molar-refractivity contribution is 0.0951. The molecule has 0 saturated heterocycles. The Labute approximate surface area is 153 Å². The monoisotopic (exact) mass is 349 g/mol. The summed E-state index contributed by atoms with van der Waals surface area (Å²) < 4.78 is 1.91. The van der Waals surface area contributed by atoms with Crippen LogP contribution in [0, 0.1) is 6.92 Å². The van der Waals surface area contributed by atoms with Gasteiger partial charge in [-0.05, 0) is 44.8 Å². The Bertz CT molecular complexity index is 883. The molecule has 0 bridgehead atoms. The Kier molecular flexibility index (Phi) is 5.43. The molecule has 2 aromatic heterocycles. The van der Waals surface area contributed by atoms with Gasteiger partial charge in [-0.25, -0.2) is 9.97 Å². The molecule has 1 N–H and O–H groups in total. The number of hydrogen-bond acceptors (Lipinski definition) is 4. The number of aromatic nitrogens is 3. The predicted octanol–water partition coefficient (Wildman–Crippen LogP) is 2.57. The van der Waals surface area contributed by atoms with Crippen molar-refractivity contribution in [2.75, 3.05) is 14.1 Å². The van der Waals surface area contributed by atoms with Gasteiger partial charge in [0.15, 0.2) is 0 Å². The van der Waals surface area contributed by atoms with E-state index in [2.05, 4.69) is 20.2 Å². The van der Waals surface area contributed by atoms with Crippen LogP contribution in [0.1, 0.15) is 27.3 Å². The number of imidazole rings is 1. The maximum Gasteiger partial charge on any atom is 0.251 e. The molecule has 3 aromatic rings. The molecule has 26 heavy (non-hydrogen) atoms. The van der Waals surface area contributed by atoms with E-state index < -0.39 is 0 Å². The normalized spacial score (nSPS) is 10.9. The molecule has 1 aromatic carbocycles. The van der Waals surface area contributed by atoms with Crippen molar-refractivity contribution in [1.82, 2.24) is 24.8 Å². The quantitative estimate of drug-likeness (QED) is 0.743. The molecule has 0 aliphatic heterocycles. The number of hydrogen-bond donors (Lipinski definition) is 1. The molecule has 0 atom stereocenters. The Hall–Kier alpha value is -2.99. The van der Waals surface area contributed by atoms with Gasteiger partial charge < -0.3 is 10.2 Å². The maximum absolute atomic E-state index is 12.5. The van der Waals surface area contributed by atoms with Gasteiger partial charge in [0, 0.05) is 42.8 Å². The van der Waals surface area contributed by atoms with Crippen LogP contribution in [-0.4, -0.2) is 39.4 Å². The van der Waals surface area contributed by atoms with Crippen molar-refractivity contribution < 1.29 is 4.79 Å². The second-order valence-electron chi connectivity index (χ2n) is 6.45. The third-order valence-corrected chi connectivity index (χ3v) is 4.08. The van der Waals surface area contributed by atoms with Gasteiger partial charge in [0.2, 0.25) is 0 Å². The van der Waals surface area contributed by atoms with Crippen molar-refractivity contribution in [3.8, 4) is 5.82 Å². The zero-order chi connectivity index (χ0) is 18.5. The first kappa shape index (κ1) is 17.8. The molecule has 3 rings (SSSR count). The third kappa shape index (κ3) is 4.15. The van der Waals surface area contributed by atoms with E-state index in [1.54, 1.807) is 12.4 Å². The molecule has 134 valence electrons. The van der Waals surface area contributed by atoms with E-state index >= 15 is 0 Å². The number of benzene rings is 1. The topological polar surface area (TPSA) is 63.1 Å². The lowest BCUT2D eigenvalue weighted by atomic mass is 10.1. The van der Waals surface area contributed by atoms with Crippen molar-refractivity contribution in [2.24, 2.45) is 0 Å². The highest BCUT2D eigenvalue weighted by Crippen LogP contribution is 2.13. The minimum absolute atomic E-state index is 0.0986. The van der Waals surface area contributed by atoms with Crippen LogP contribution in [0.5, 0.6) is 0 Å². The molecule has 0 aliphatic rings. The fourth-order valence-corrected chi connectivity index (χ4v) is 2.79. The fourth-order valence-electron chi connectivity index (χ4n) is 2.79. The van der Waals surface area contributed by atoms with E-state index in [0.717, 1.165) is 23.8 Å². The first-order valence-corrected chi connectivity index (χ1v) is 8.50. The van der Waals surface area contributed by atoms with Gasteiger partial charge in [0.25, 0.3) is 5.91 Å². The number of amides is 1. The number of aryl methyl sites for hydroxylation is 1. The molecule has 0 spiro atoms. The molecular weight excluding hydrogens is 326 g/mol. The van der Waals surface area contributed by atoms with Gasteiger partial charge in [-0.3, -0.25) is 9.36 Å². The smallest absolute Gasteiger partial charge is 0.251 e. The van der Waals surface area contributed by atoms with Crippen LogP contribution in [0.15, 0.2) is 55.0 Å². The number of rotatable bonds is 6. The number of carbonyl (C=O) groups excluding carboxylic acids is 1. The highest BCUT2D eigenvalue weighted by molar-refractivity contribution is 5.94. The van der Waals surface area contributed by atoms with Gasteiger partial charge >= 0.3 is 0 Å². The second-order valence-corrected chi connectivity index (χ2v) is 6.45. The summed E-state index contributed by atoms with van der Waals surface area (Å²) >= 11 is 0. The van der Waals surface area contributed by atoms with Gasteiger partial charge in [-0.2, -0.15) is 0 Å². The van der Waals surface area contributed by atoms with Crippen LogP contribution in [0.3, 0.4) is 0 Å². The lowest BCUT2D eigenvalue weighted by Gasteiger charge is -2.12. The zero-order valence-electron chi connectivity index (χ0n) is 15.3. The molecule has 0 saturated carbocycles. The highest BCUT2D eigenvalue weighted by Gasteiger charge is 2.10. The van der Waals surface area contributed by atoms with Crippen LogP contribution < -0.4 is 5.32 Å². The third-order valence-electron chi connectivity index (χ3n) is 4.08. The van der Waals surface area contributed by atoms with Crippen LogP contribution in [0.2, 0.25) is 0 Å². The van der Waals surface area contributed by atoms with E-state index in [-0.39, 0.29) is 5.91 Å². The van der Waals surface area contributed by atoms with Crippen molar-refractivity contribution in [2.45, 2.75) is 20.0 Å². The lowest BCUT2D eigenvalue weighted by Crippen LogP contribution is -2.24. The Balaban J connectivity index is 1.70. The summed E-state index contributed by atoms with van der Waals surface area (Å²) in [5, 5.41) is 2.97. The standard InChI is InChI=1S/C20H23N5O/c1-15-21-11-12-25(15)19-18(5-4-10-22-19)13-23-20(26)17-8-6-16(7-9-17)14-24(2)3/h4-12H,13-14H2,1-3H3,(H,23,26). The van der Waals surface area contributed by atoms with Gasteiger partial charge in [-0.1, -0.05) is 18.2 Å².